The summed E-state index contributed by atoms with van der Waals surface area (Å²) >= 11 is 0. The highest BCUT2D eigenvalue weighted by Crippen LogP contribution is 2.09. The second kappa shape index (κ2) is 6.88. The molecule has 1 aromatic rings. The molecule has 1 aromatic carbocycles. The van der Waals surface area contributed by atoms with Crippen LogP contribution < -0.4 is 5.73 Å². The number of anilines is 1. The van der Waals surface area contributed by atoms with E-state index in [0.29, 0.717) is 12.1 Å². The maximum atomic E-state index is 11.3. The standard InChI is InChI=1S/C12H17NO4/c13-10-3-1-2-9(6-10)4-5-12(16)17-8-11(15)7-14/h1-3,6,11,14-15H,4-5,7-8,13H2. The zero-order chi connectivity index (χ0) is 12.7. The van der Waals surface area contributed by atoms with Crippen LogP contribution in [0.2, 0.25) is 0 Å². The largest absolute Gasteiger partial charge is 0.463 e. The van der Waals surface area contributed by atoms with E-state index in [1.165, 1.54) is 0 Å². The molecule has 0 aliphatic rings. The fourth-order valence-electron chi connectivity index (χ4n) is 1.31. The van der Waals surface area contributed by atoms with E-state index in [4.69, 9.17) is 20.7 Å². The van der Waals surface area contributed by atoms with Gasteiger partial charge in [0.05, 0.1) is 6.61 Å². The molecule has 0 saturated heterocycles. The minimum Gasteiger partial charge on any atom is -0.463 e. The number of aliphatic hydroxyl groups excluding tert-OH is 2. The molecule has 0 fully saturated rings. The Kier molecular flexibility index (Phi) is 5.45. The first-order chi connectivity index (χ1) is 8.11. The predicted octanol–water partition coefficient (Wildman–Crippen LogP) is 0.0978. The summed E-state index contributed by atoms with van der Waals surface area (Å²) in [4.78, 5) is 11.3. The highest BCUT2D eigenvalue weighted by molar-refractivity contribution is 5.69. The van der Waals surface area contributed by atoms with Gasteiger partial charge in [0.1, 0.15) is 12.7 Å². The van der Waals surface area contributed by atoms with Crippen molar-refractivity contribution in [2.75, 3.05) is 18.9 Å². The SMILES string of the molecule is Nc1cccc(CCC(=O)OCC(O)CO)c1. The van der Waals surface area contributed by atoms with Crippen LogP contribution in [-0.4, -0.2) is 35.5 Å². The molecule has 94 valence electrons. The molecule has 0 amide bonds. The molecule has 1 rings (SSSR count). The monoisotopic (exact) mass is 239 g/mol. The quantitative estimate of drug-likeness (QED) is 0.483. The number of nitrogens with two attached hydrogens (primary N) is 1. The van der Waals surface area contributed by atoms with Gasteiger partial charge < -0.3 is 20.7 Å². The van der Waals surface area contributed by atoms with Crippen LogP contribution in [0.4, 0.5) is 5.69 Å². The van der Waals surface area contributed by atoms with Crippen LogP contribution in [0.5, 0.6) is 0 Å². The minimum absolute atomic E-state index is 0.174. The Bertz CT molecular complexity index is 367. The minimum atomic E-state index is -1.01. The zero-order valence-corrected chi connectivity index (χ0v) is 9.50. The van der Waals surface area contributed by atoms with Gasteiger partial charge in [0.15, 0.2) is 0 Å². The van der Waals surface area contributed by atoms with E-state index in [1.807, 2.05) is 12.1 Å². The van der Waals surface area contributed by atoms with Gasteiger partial charge in [-0.25, -0.2) is 0 Å². The number of aryl methyl sites for hydroxylation is 1. The van der Waals surface area contributed by atoms with Crippen LogP contribution >= 0.6 is 0 Å². The van der Waals surface area contributed by atoms with Crippen molar-refractivity contribution in [1.82, 2.24) is 0 Å². The number of rotatable bonds is 6. The number of benzene rings is 1. The fraction of sp³-hybridized carbons (Fsp3) is 0.417. The molecule has 0 aromatic heterocycles. The van der Waals surface area contributed by atoms with Crippen molar-refractivity contribution in [3.8, 4) is 0 Å². The number of nitrogen functional groups attached to an aromatic ring is 1. The summed E-state index contributed by atoms with van der Waals surface area (Å²) in [5.74, 6) is -0.403. The second-order valence-corrected chi connectivity index (χ2v) is 3.76. The molecule has 0 heterocycles. The Morgan fingerprint density at radius 3 is 2.88 bits per heavy atom. The van der Waals surface area contributed by atoms with Gasteiger partial charge in [0, 0.05) is 12.1 Å². The summed E-state index contributed by atoms with van der Waals surface area (Å²) in [6.07, 6.45) is -0.243. The van der Waals surface area contributed by atoms with Crippen LogP contribution in [-0.2, 0) is 16.0 Å². The number of aliphatic hydroxyl groups is 2. The molecular formula is C12H17NO4. The Balaban J connectivity index is 2.28. The summed E-state index contributed by atoms with van der Waals surface area (Å²) in [6.45, 7) is -0.589. The first kappa shape index (κ1) is 13.5. The molecule has 5 nitrogen and oxygen atoms in total. The Morgan fingerprint density at radius 2 is 2.24 bits per heavy atom. The van der Waals surface area contributed by atoms with Crippen molar-refractivity contribution in [3.63, 3.8) is 0 Å². The van der Waals surface area contributed by atoms with Gasteiger partial charge in [-0.15, -0.1) is 0 Å². The molecule has 1 atom stereocenters. The summed E-state index contributed by atoms with van der Waals surface area (Å²) in [5.41, 5.74) is 7.23. The number of carbonyl (C=O) groups is 1. The van der Waals surface area contributed by atoms with Gasteiger partial charge in [-0.1, -0.05) is 12.1 Å². The zero-order valence-electron chi connectivity index (χ0n) is 9.50. The summed E-state index contributed by atoms with van der Waals surface area (Å²) in [7, 11) is 0. The second-order valence-electron chi connectivity index (χ2n) is 3.76. The first-order valence-corrected chi connectivity index (χ1v) is 5.40. The summed E-state index contributed by atoms with van der Waals surface area (Å²) in [6, 6.07) is 7.28. The first-order valence-electron chi connectivity index (χ1n) is 5.40. The van der Waals surface area contributed by atoms with Crippen molar-refractivity contribution >= 4 is 11.7 Å². The molecule has 0 bridgehead atoms. The molecule has 17 heavy (non-hydrogen) atoms. The average molecular weight is 239 g/mol. The average Bonchev–Trinajstić information content (AvgIpc) is 2.33. The molecule has 0 radical (unpaired) electrons. The normalized spacial score (nSPS) is 12.1. The number of hydrogen-bond donors (Lipinski definition) is 3. The van der Waals surface area contributed by atoms with E-state index in [9.17, 15) is 4.79 Å². The van der Waals surface area contributed by atoms with Crippen LogP contribution in [0, 0.1) is 0 Å². The third kappa shape index (κ3) is 5.33. The highest BCUT2D eigenvalue weighted by atomic mass is 16.5. The lowest BCUT2D eigenvalue weighted by molar-refractivity contribution is -0.147. The van der Waals surface area contributed by atoms with Gasteiger partial charge in [-0.05, 0) is 24.1 Å². The highest BCUT2D eigenvalue weighted by Gasteiger charge is 2.07. The third-order valence-electron chi connectivity index (χ3n) is 2.22. The maximum absolute atomic E-state index is 11.3. The van der Waals surface area contributed by atoms with Gasteiger partial charge in [0.25, 0.3) is 0 Å². The van der Waals surface area contributed by atoms with E-state index in [-0.39, 0.29) is 13.0 Å². The lowest BCUT2D eigenvalue weighted by atomic mass is 10.1. The van der Waals surface area contributed by atoms with Crippen molar-refractivity contribution in [2.45, 2.75) is 18.9 Å². The van der Waals surface area contributed by atoms with E-state index >= 15 is 0 Å². The van der Waals surface area contributed by atoms with Crippen LogP contribution in [0.25, 0.3) is 0 Å². The molecule has 0 aliphatic heterocycles. The number of ether oxygens (including phenoxy) is 1. The van der Waals surface area contributed by atoms with Crippen molar-refractivity contribution in [3.05, 3.63) is 29.8 Å². The topological polar surface area (TPSA) is 92.8 Å². The summed E-state index contributed by atoms with van der Waals surface area (Å²) in [5, 5.41) is 17.5. The van der Waals surface area contributed by atoms with Crippen LogP contribution in [0.15, 0.2) is 24.3 Å². The molecule has 0 saturated carbocycles. The number of carbonyl (C=O) groups excluding carboxylic acids is 1. The Labute approximate surface area is 99.8 Å². The van der Waals surface area contributed by atoms with E-state index in [0.717, 1.165) is 5.56 Å². The Hall–Kier alpha value is -1.59. The molecule has 4 N–H and O–H groups in total. The van der Waals surface area contributed by atoms with Crippen LogP contribution in [0.3, 0.4) is 0 Å². The predicted molar refractivity (Wildman–Crippen MR) is 63.2 cm³/mol. The van der Waals surface area contributed by atoms with E-state index in [1.54, 1.807) is 12.1 Å². The Morgan fingerprint density at radius 1 is 1.47 bits per heavy atom. The van der Waals surface area contributed by atoms with Gasteiger partial charge >= 0.3 is 5.97 Å². The molecule has 1 unspecified atom stereocenters. The van der Waals surface area contributed by atoms with Crippen molar-refractivity contribution in [1.29, 1.82) is 0 Å². The molecule has 0 aliphatic carbocycles. The maximum Gasteiger partial charge on any atom is 0.306 e. The van der Waals surface area contributed by atoms with E-state index in [2.05, 4.69) is 0 Å². The van der Waals surface area contributed by atoms with Crippen molar-refractivity contribution < 1.29 is 19.7 Å². The lowest BCUT2D eigenvalue weighted by Gasteiger charge is -2.08. The third-order valence-corrected chi connectivity index (χ3v) is 2.22. The smallest absolute Gasteiger partial charge is 0.306 e. The fourth-order valence-corrected chi connectivity index (χ4v) is 1.31. The lowest BCUT2D eigenvalue weighted by Crippen LogP contribution is -2.22. The van der Waals surface area contributed by atoms with E-state index < -0.39 is 18.7 Å². The molecular weight excluding hydrogens is 222 g/mol. The van der Waals surface area contributed by atoms with Gasteiger partial charge in [-0.3, -0.25) is 4.79 Å². The molecule has 0 spiro atoms. The molecule has 5 heteroatoms. The number of hydrogen-bond acceptors (Lipinski definition) is 5. The van der Waals surface area contributed by atoms with Crippen molar-refractivity contribution in [2.24, 2.45) is 0 Å². The van der Waals surface area contributed by atoms with Gasteiger partial charge in [-0.2, -0.15) is 0 Å². The van der Waals surface area contributed by atoms with Gasteiger partial charge in [0.2, 0.25) is 0 Å². The summed E-state index contributed by atoms with van der Waals surface area (Å²) < 4.78 is 4.77. The van der Waals surface area contributed by atoms with Crippen LogP contribution in [0.1, 0.15) is 12.0 Å². The number of esters is 1.